The van der Waals surface area contributed by atoms with E-state index in [1.807, 2.05) is 42.8 Å². The van der Waals surface area contributed by atoms with Crippen molar-refractivity contribution in [2.24, 2.45) is 0 Å². The van der Waals surface area contributed by atoms with Gasteiger partial charge in [0.2, 0.25) is 0 Å². The lowest BCUT2D eigenvalue weighted by Crippen LogP contribution is -1.99. The van der Waals surface area contributed by atoms with Gasteiger partial charge in [-0.05, 0) is 32.0 Å². The minimum absolute atomic E-state index is 0.0334. The molecule has 1 N–H and O–H groups in total. The number of hydrogen-bond acceptors (Lipinski definition) is 2. The molecule has 2 rings (SSSR count). The van der Waals surface area contributed by atoms with E-state index in [4.69, 9.17) is 0 Å². The highest BCUT2D eigenvalue weighted by Gasteiger charge is 2.11. The smallest absolute Gasteiger partial charge is 0.0718 e. The molecule has 4 heteroatoms. The topological polar surface area (TPSA) is 38.0 Å². The lowest BCUT2D eigenvalue weighted by molar-refractivity contribution is 0.280. The average molecular weight is 281 g/mol. The molecule has 0 aliphatic carbocycles. The molecular weight excluding hydrogens is 268 g/mol. The van der Waals surface area contributed by atoms with Crippen molar-refractivity contribution >= 4 is 15.9 Å². The van der Waals surface area contributed by atoms with Crippen molar-refractivity contribution in [1.29, 1.82) is 0 Å². The van der Waals surface area contributed by atoms with Crippen LogP contribution in [0.25, 0.3) is 5.69 Å². The largest absolute Gasteiger partial charge is 0.392 e. The second kappa shape index (κ2) is 4.39. The zero-order valence-corrected chi connectivity index (χ0v) is 10.8. The van der Waals surface area contributed by atoms with E-state index < -0.39 is 0 Å². The average Bonchev–Trinajstić information content (AvgIpc) is 2.54. The predicted molar refractivity (Wildman–Crippen MR) is 66.7 cm³/mol. The third-order valence-corrected chi connectivity index (χ3v) is 3.15. The molecule has 0 aliphatic heterocycles. The Balaban J connectivity index is 2.56. The van der Waals surface area contributed by atoms with E-state index in [0.717, 1.165) is 27.1 Å². The van der Waals surface area contributed by atoms with Crippen LogP contribution in [-0.4, -0.2) is 14.9 Å². The van der Waals surface area contributed by atoms with Crippen LogP contribution in [-0.2, 0) is 6.61 Å². The molecule has 2 aromatic rings. The molecule has 0 spiro atoms. The van der Waals surface area contributed by atoms with Crippen molar-refractivity contribution in [1.82, 2.24) is 9.78 Å². The molecule has 0 unspecified atom stereocenters. The lowest BCUT2D eigenvalue weighted by atomic mass is 10.2. The fraction of sp³-hybridized carbons (Fsp3) is 0.250. The van der Waals surface area contributed by atoms with Gasteiger partial charge in [-0.15, -0.1) is 0 Å². The standard InChI is InChI=1S/C12H13BrN2O/c1-8-12(7-16)9(2)15(14-8)11-5-3-4-10(13)6-11/h3-6,16H,7H2,1-2H3. The molecule has 1 aromatic heterocycles. The van der Waals surface area contributed by atoms with E-state index in [1.54, 1.807) is 0 Å². The van der Waals surface area contributed by atoms with Gasteiger partial charge in [-0.2, -0.15) is 5.10 Å². The van der Waals surface area contributed by atoms with E-state index in [9.17, 15) is 5.11 Å². The number of aryl methyl sites for hydroxylation is 1. The Morgan fingerprint density at radius 1 is 1.38 bits per heavy atom. The van der Waals surface area contributed by atoms with Crippen LogP contribution in [0, 0.1) is 13.8 Å². The van der Waals surface area contributed by atoms with Gasteiger partial charge in [0.05, 0.1) is 18.0 Å². The fourth-order valence-corrected chi connectivity index (χ4v) is 2.15. The molecule has 0 amide bonds. The molecule has 0 bridgehead atoms. The van der Waals surface area contributed by atoms with Crippen LogP contribution in [0.15, 0.2) is 28.7 Å². The van der Waals surface area contributed by atoms with Crippen molar-refractivity contribution in [3.63, 3.8) is 0 Å². The van der Waals surface area contributed by atoms with E-state index in [2.05, 4.69) is 21.0 Å². The van der Waals surface area contributed by atoms with E-state index >= 15 is 0 Å². The van der Waals surface area contributed by atoms with Crippen molar-refractivity contribution in [3.05, 3.63) is 45.7 Å². The zero-order valence-electron chi connectivity index (χ0n) is 9.24. The van der Waals surface area contributed by atoms with Gasteiger partial charge in [-0.1, -0.05) is 22.0 Å². The Morgan fingerprint density at radius 3 is 2.69 bits per heavy atom. The summed E-state index contributed by atoms with van der Waals surface area (Å²) < 4.78 is 2.87. The number of hydrogen-bond donors (Lipinski definition) is 1. The maximum absolute atomic E-state index is 9.25. The Morgan fingerprint density at radius 2 is 2.12 bits per heavy atom. The first-order chi connectivity index (χ1) is 7.63. The summed E-state index contributed by atoms with van der Waals surface area (Å²) in [6.07, 6.45) is 0. The minimum Gasteiger partial charge on any atom is -0.392 e. The van der Waals surface area contributed by atoms with Gasteiger partial charge >= 0.3 is 0 Å². The van der Waals surface area contributed by atoms with Crippen LogP contribution in [0.2, 0.25) is 0 Å². The van der Waals surface area contributed by atoms with Crippen molar-refractivity contribution in [2.45, 2.75) is 20.5 Å². The van der Waals surface area contributed by atoms with Gasteiger partial charge in [-0.3, -0.25) is 0 Å². The van der Waals surface area contributed by atoms with E-state index in [-0.39, 0.29) is 6.61 Å². The molecule has 3 nitrogen and oxygen atoms in total. The highest BCUT2D eigenvalue weighted by atomic mass is 79.9. The lowest BCUT2D eigenvalue weighted by Gasteiger charge is -2.05. The predicted octanol–water partition coefficient (Wildman–Crippen LogP) is 2.74. The van der Waals surface area contributed by atoms with Gasteiger partial charge < -0.3 is 5.11 Å². The first-order valence-corrected chi connectivity index (χ1v) is 5.84. The summed E-state index contributed by atoms with van der Waals surface area (Å²) in [5.74, 6) is 0. The third-order valence-electron chi connectivity index (χ3n) is 2.65. The summed E-state index contributed by atoms with van der Waals surface area (Å²) in [6, 6.07) is 7.93. The van der Waals surface area contributed by atoms with Crippen LogP contribution in [0.1, 0.15) is 17.0 Å². The van der Waals surface area contributed by atoms with Crippen molar-refractivity contribution in [3.8, 4) is 5.69 Å². The molecule has 84 valence electrons. The van der Waals surface area contributed by atoms with Crippen molar-refractivity contribution < 1.29 is 5.11 Å². The molecule has 0 fully saturated rings. The molecule has 16 heavy (non-hydrogen) atoms. The molecule has 0 saturated carbocycles. The summed E-state index contributed by atoms with van der Waals surface area (Å²) in [7, 11) is 0. The first-order valence-electron chi connectivity index (χ1n) is 5.05. The van der Waals surface area contributed by atoms with E-state index in [0.29, 0.717) is 0 Å². The number of aliphatic hydroxyl groups excluding tert-OH is 1. The van der Waals surface area contributed by atoms with Gasteiger partial charge in [0.15, 0.2) is 0 Å². The van der Waals surface area contributed by atoms with Crippen LogP contribution >= 0.6 is 15.9 Å². The maximum Gasteiger partial charge on any atom is 0.0718 e. The highest BCUT2D eigenvalue weighted by molar-refractivity contribution is 9.10. The molecule has 1 aromatic carbocycles. The number of benzene rings is 1. The highest BCUT2D eigenvalue weighted by Crippen LogP contribution is 2.20. The zero-order chi connectivity index (χ0) is 11.7. The second-order valence-corrected chi connectivity index (χ2v) is 4.61. The van der Waals surface area contributed by atoms with Gasteiger partial charge in [0.1, 0.15) is 0 Å². The molecule has 0 aliphatic rings. The third kappa shape index (κ3) is 1.90. The summed E-state index contributed by atoms with van der Waals surface area (Å²) in [5.41, 5.74) is 3.76. The Kier molecular flexibility index (Phi) is 3.12. The Hall–Kier alpha value is -1.13. The minimum atomic E-state index is 0.0334. The monoisotopic (exact) mass is 280 g/mol. The van der Waals surface area contributed by atoms with Crippen LogP contribution in [0.3, 0.4) is 0 Å². The van der Waals surface area contributed by atoms with Gasteiger partial charge in [0, 0.05) is 15.7 Å². The quantitative estimate of drug-likeness (QED) is 0.919. The Labute approximate surface area is 103 Å². The van der Waals surface area contributed by atoms with Crippen LogP contribution < -0.4 is 0 Å². The summed E-state index contributed by atoms with van der Waals surface area (Å²) in [6.45, 7) is 3.91. The summed E-state index contributed by atoms with van der Waals surface area (Å²) in [4.78, 5) is 0. The fourth-order valence-electron chi connectivity index (χ4n) is 1.76. The van der Waals surface area contributed by atoms with Gasteiger partial charge in [0.25, 0.3) is 0 Å². The first kappa shape index (κ1) is 11.4. The summed E-state index contributed by atoms with van der Waals surface area (Å²) in [5, 5.41) is 13.7. The molecule has 1 heterocycles. The number of aromatic nitrogens is 2. The van der Waals surface area contributed by atoms with Crippen LogP contribution in [0.4, 0.5) is 0 Å². The number of aliphatic hydroxyl groups is 1. The molecule has 0 radical (unpaired) electrons. The van der Waals surface area contributed by atoms with Gasteiger partial charge in [-0.25, -0.2) is 4.68 Å². The SMILES string of the molecule is Cc1nn(-c2cccc(Br)c2)c(C)c1CO. The number of rotatable bonds is 2. The second-order valence-electron chi connectivity index (χ2n) is 3.70. The molecule has 0 saturated heterocycles. The Bertz CT molecular complexity index is 520. The number of halogens is 1. The molecule has 0 atom stereocenters. The maximum atomic E-state index is 9.25. The number of nitrogens with zero attached hydrogens (tertiary/aromatic N) is 2. The summed E-state index contributed by atoms with van der Waals surface area (Å²) >= 11 is 3.44. The molecular formula is C12H13BrN2O. The van der Waals surface area contributed by atoms with Crippen LogP contribution in [0.5, 0.6) is 0 Å². The normalized spacial score (nSPS) is 10.8. The van der Waals surface area contributed by atoms with E-state index in [1.165, 1.54) is 0 Å². The van der Waals surface area contributed by atoms with Crippen molar-refractivity contribution in [2.75, 3.05) is 0 Å².